The first-order valence-electron chi connectivity index (χ1n) is 10.1. The summed E-state index contributed by atoms with van der Waals surface area (Å²) in [6.45, 7) is 1.09. The van der Waals surface area contributed by atoms with E-state index in [-0.39, 0.29) is 17.9 Å². The highest BCUT2D eigenvalue weighted by Crippen LogP contribution is 2.25. The maximum atomic E-state index is 13.4. The van der Waals surface area contributed by atoms with Gasteiger partial charge in [-0.15, -0.1) is 0 Å². The second-order valence-electron chi connectivity index (χ2n) is 7.33. The standard InChI is InChI=1S/C23H24N4O4/c1-30-11-10-26-22(28)21-13-19(31-18-5-3-8-24-14-18)15-27(21)23(29)17-6-7-20-16(12-17)4-2-9-25-20/h2-9,12,14,19,21H,10-11,13,15H2,1H3,(H,26,28)/t19-,21-/m0/s1. The minimum Gasteiger partial charge on any atom is -0.487 e. The molecule has 2 aromatic heterocycles. The molecular formula is C23H24N4O4. The molecule has 2 amide bonds. The smallest absolute Gasteiger partial charge is 0.254 e. The van der Waals surface area contributed by atoms with E-state index in [1.54, 1.807) is 48.8 Å². The van der Waals surface area contributed by atoms with Gasteiger partial charge in [0.05, 0.1) is 24.9 Å². The Morgan fingerprint density at radius 1 is 1.19 bits per heavy atom. The number of ether oxygens (including phenoxy) is 2. The largest absolute Gasteiger partial charge is 0.487 e. The minimum atomic E-state index is -0.629. The Labute approximate surface area is 180 Å². The molecule has 160 valence electrons. The lowest BCUT2D eigenvalue weighted by Crippen LogP contribution is -2.46. The SMILES string of the molecule is COCCNC(=O)[C@@H]1C[C@H](Oc2cccnc2)CN1C(=O)c1ccc2ncccc2c1. The molecule has 1 saturated heterocycles. The highest BCUT2D eigenvalue weighted by molar-refractivity contribution is 6.00. The number of amides is 2. The van der Waals surface area contributed by atoms with Gasteiger partial charge in [-0.25, -0.2) is 0 Å². The Morgan fingerprint density at radius 2 is 2.06 bits per heavy atom. The van der Waals surface area contributed by atoms with Crippen LogP contribution in [0.25, 0.3) is 10.9 Å². The van der Waals surface area contributed by atoms with Gasteiger partial charge in [0.1, 0.15) is 17.9 Å². The first-order valence-corrected chi connectivity index (χ1v) is 10.1. The van der Waals surface area contributed by atoms with Crippen molar-refractivity contribution in [2.24, 2.45) is 0 Å². The molecule has 1 N–H and O–H groups in total. The van der Waals surface area contributed by atoms with E-state index in [4.69, 9.17) is 9.47 Å². The lowest BCUT2D eigenvalue weighted by molar-refractivity contribution is -0.125. The van der Waals surface area contributed by atoms with Crippen LogP contribution in [0, 0.1) is 0 Å². The molecule has 1 aliphatic rings. The van der Waals surface area contributed by atoms with E-state index in [1.165, 1.54) is 0 Å². The third kappa shape index (κ3) is 4.80. The van der Waals surface area contributed by atoms with Crippen LogP contribution in [0.3, 0.4) is 0 Å². The quantitative estimate of drug-likeness (QED) is 0.588. The summed E-state index contributed by atoms with van der Waals surface area (Å²) < 4.78 is 11.0. The first kappa shape index (κ1) is 20.7. The molecule has 0 unspecified atom stereocenters. The molecule has 2 atom stereocenters. The first-order chi connectivity index (χ1) is 15.2. The molecular weight excluding hydrogens is 396 g/mol. The number of carbonyl (C=O) groups excluding carboxylic acids is 2. The molecule has 8 nitrogen and oxygen atoms in total. The van der Waals surface area contributed by atoms with Crippen molar-refractivity contribution in [1.29, 1.82) is 0 Å². The summed E-state index contributed by atoms with van der Waals surface area (Å²) in [6.07, 6.45) is 5.08. The summed E-state index contributed by atoms with van der Waals surface area (Å²) >= 11 is 0. The van der Waals surface area contributed by atoms with Crippen LogP contribution in [0.4, 0.5) is 0 Å². The number of hydrogen-bond donors (Lipinski definition) is 1. The number of likely N-dealkylation sites (tertiary alicyclic amines) is 1. The molecule has 1 aliphatic heterocycles. The fourth-order valence-corrected chi connectivity index (χ4v) is 3.73. The van der Waals surface area contributed by atoms with Crippen LogP contribution in [0.2, 0.25) is 0 Å². The van der Waals surface area contributed by atoms with E-state index >= 15 is 0 Å². The van der Waals surface area contributed by atoms with Crippen LogP contribution < -0.4 is 10.1 Å². The number of pyridine rings is 2. The second-order valence-corrected chi connectivity index (χ2v) is 7.33. The Balaban J connectivity index is 1.55. The van der Waals surface area contributed by atoms with E-state index in [2.05, 4.69) is 15.3 Å². The number of methoxy groups -OCH3 is 1. The van der Waals surface area contributed by atoms with E-state index < -0.39 is 6.04 Å². The number of fused-ring (bicyclic) bond motifs is 1. The van der Waals surface area contributed by atoms with Crippen LogP contribution in [0.5, 0.6) is 5.75 Å². The Morgan fingerprint density at radius 3 is 2.87 bits per heavy atom. The van der Waals surface area contributed by atoms with Gasteiger partial charge in [0.25, 0.3) is 5.91 Å². The van der Waals surface area contributed by atoms with Gasteiger partial charge in [-0.1, -0.05) is 6.07 Å². The molecule has 1 fully saturated rings. The third-order valence-electron chi connectivity index (χ3n) is 5.22. The van der Waals surface area contributed by atoms with Crippen LogP contribution in [0.1, 0.15) is 16.8 Å². The monoisotopic (exact) mass is 420 g/mol. The number of nitrogens with one attached hydrogen (secondary N) is 1. The van der Waals surface area contributed by atoms with Gasteiger partial charge in [-0.05, 0) is 36.4 Å². The van der Waals surface area contributed by atoms with E-state index in [0.717, 1.165) is 10.9 Å². The maximum absolute atomic E-state index is 13.4. The Kier molecular flexibility index (Phi) is 6.37. The Bertz CT molecular complexity index is 1060. The highest BCUT2D eigenvalue weighted by atomic mass is 16.5. The van der Waals surface area contributed by atoms with Crippen LogP contribution in [-0.2, 0) is 9.53 Å². The van der Waals surface area contributed by atoms with Gasteiger partial charge in [0, 0.05) is 43.4 Å². The summed E-state index contributed by atoms with van der Waals surface area (Å²) in [5, 5.41) is 3.71. The van der Waals surface area contributed by atoms with Gasteiger partial charge >= 0.3 is 0 Å². The summed E-state index contributed by atoms with van der Waals surface area (Å²) in [7, 11) is 1.57. The number of rotatable bonds is 7. The number of benzene rings is 1. The average molecular weight is 420 g/mol. The van der Waals surface area contributed by atoms with Crippen LogP contribution >= 0.6 is 0 Å². The van der Waals surface area contributed by atoms with Gasteiger partial charge in [-0.2, -0.15) is 0 Å². The molecule has 0 aliphatic carbocycles. The van der Waals surface area contributed by atoms with Crippen LogP contribution in [0.15, 0.2) is 61.1 Å². The van der Waals surface area contributed by atoms with Crippen LogP contribution in [-0.4, -0.2) is 65.6 Å². The zero-order valence-electron chi connectivity index (χ0n) is 17.2. The van der Waals surface area contributed by atoms with Crippen molar-refractivity contribution in [3.05, 3.63) is 66.6 Å². The normalized spacial score (nSPS) is 18.2. The average Bonchev–Trinajstić information content (AvgIpc) is 3.23. The minimum absolute atomic E-state index is 0.213. The zero-order chi connectivity index (χ0) is 21.6. The predicted molar refractivity (Wildman–Crippen MR) is 115 cm³/mol. The van der Waals surface area contributed by atoms with Crippen molar-refractivity contribution >= 4 is 22.7 Å². The highest BCUT2D eigenvalue weighted by Gasteiger charge is 2.41. The Hall–Kier alpha value is -3.52. The lowest BCUT2D eigenvalue weighted by atomic mass is 10.1. The van der Waals surface area contributed by atoms with Crippen molar-refractivity contribution in [3.8, 4) is 5.75 Å². The van der Waals surface area contributed by atoms with E-state index in [0.29, 0.717) is 37.4 Å². The maximum Gasteiger partial charge on any atom is 0.254 e. The summed E-state index contributed by atoms with van der Waals surface area (Å²) in [5.41, 5.74) is 1.32. The number of carbonyl (C=O) groups is 2. The summed E-state index contributed by atoms with van der Waals surface area (Å²) in [5.74, 6) is 0.178. The molecule has 1 aromatic carbocycles. The van der Waals surface area contributed by atoms with Crippen molar-refractivity contribution in [3.63, 3.8) is 0 Å². The molecule has 3 aromatic rings. The van der Waals surface area contributed by atoms with Gasteiger partial charge < -0.3 is 19.7 Å². The molecule has 0 bridgehead atoms. The van der Waals surface area contributed by atoms with Crippen molar-refractivity contribution in [2.75, 3.05) is 26.8 Å². The fourth-order valence-electron chi connectivity index (χ4n) is 3.73. The van der Waals surface area contributed by atoms with Gasteiger partial charge in [-0.3, -0.25) is 19.6 Å². The number of nitrogens with zero attached hydrogens (tertiary/aromatic N) is 3. The van der Waals surface area contributed by atoms with Crippen molar-refractivity contribution < 1.29 is 19.1 Å². The fraction of sp³-hybridized carbons (Fsp3) is 0.304. The summed E-state index contributed by atoms with van der Waals surface area (Å²) in [4.78, 5) is 36.1. The molecule has 3 heterocycles. The van der Waals surface area contributed by atoms with Gasteiger partial charge in [0.2, 0.25) is 5.91 Å². The molecule has 4 rings (SSSR count). The van der Waals surface area contributed by atoms with E-state index in [9.17, 15) is 9.59 Å². The second kappa shape index (κ2) is 9.53. The molecule has 31 heavy (non-hydrogen) atoms. The van der Waals surface area contributed by atoms with Crippen molar-refractivity contribution in [2.45, 2.75) is 18.6 Å². The molecule has 0 saturated carbocycles. The molecule has 0 spiro atoms. The molecule has 0 radical (unpaired) electrons. The van der Waals surface area contributed by atoms with Crippen molar-refractivity contribution in [1.82, 2.24) is 20.2 Å². The lowest BCUT2D eigenvalue weighted by Gasteiger charge is -2.23. The topological polar surface area (TPSA) is 93.7 Å². The summed E-state index contributed by atoms with van der Waals surface area (Å²) in [6, 6.07) is 12.1. The van der Waals surface area contributed by atoms with Gasteiger partial charge in [0.15, 0.2) is 0 Å². The third-order valence-corrected chi connectivity index (χ3v) is 5.22. The number of aromatic nitrogens is 2. The zero-order valence-corrected chi connectivity index (χ0v) is 17.2. The van der Waals surface area contributed by atoms with E-state index in [1.807, 2.05) is 24.3 Å². The molecule has 8 heteroatoms. The number of hydrogen-bond acceptors (Lipinski definition) is 6. The predicted octanol–water partition coefficient (Wildman–Crippen LogP) is 2.05.